The van der Waals surface area contributed by atoms with Crippen LogP contribution in [0.3, 0.4) is 0 Å². The zero-order valence-electron chi connectivity index (χ0n) is 5.94. The Labute approximate surface area is 108 Å². The van der Waals surface area contributed by atoms with E-state index in [1.165, 1.54) is 21.6 Å². The predicted octanol–water partition coefficient (Wildman–Crippen LogP) is 2.53. The summed E-state index contributed by atoms with van der Waals surface area (Å²) in [6, 6.07) is 0. The van der Waals surface area contributed by atoms with Crippen molar-refractivity contribution in [2.75, 3.05) is 13.1 Å². The lowest BCUT2D eigenvalue weighted by molar-refractivity contribution is 0.834. The highest BCUT2D eigenvalue weighted by atomic mass is 33.1. The fraction of sp³-hybridized carbons (Fsp3) is 0.600. The molecule has 0 bridgehead atoms. The van der Waals surface area contributed by atoms with E-state index in [0.717, 1.165) is 13.1 Å². The summed E-state index contributed by atoms with van der Waals surface area (Å²) in [5.74, 6) is 0. The van der Waals surface area contributed by atoms with E-state index in [9.17, 15) is 0 Å². The van der Waals surface area contributed by atoms with Crippen molar-refractivity contribution in [1.82, 2.24) is 10.6 Å². The van der Waals surface area contributed by atoms with Crippen molar-refractivity contribution in [2.24, 2.45) is 0 Å². The zero-order chi connectivity index (χ0) is 9.40. The Kier molecular flexibility index (Phi) is 14.4. The quantitative estimate of drug-likeness (QED) is 0.276. The van der Waals surface area contributed by atoms with Gasteiger partial charge in [-0.05, 0) is 21.6 Å². The molecule has 0 saturated heterocycles. The maximum atomic E-state index is 4.86. The molecule has 0 unspecified atom stereocenters. The Morgan fingerprint density at radius 3 is 1.54 bits per heavy atom. The molecule has 0 aromatic rings. The minimum atomic E-state index is 0. The van der Waals surface area contributed by atoms with Gasteiger partial charge in [-0.2, -0.15) is 0 Å². The fourth-order valence-electron chi connectivity index (χ4n) is 0.394. The lowest BCUT2D eigenvalue weighted by atomic mass is 10.6. The van der Waals surface area contributed by atoms with Gasteiger partial charge in [0.2, 0.25) is 0 Å². The Hall–Kier alpha value is 1.18. The minimum Gasteiger partial charge on any atom is -0.369 e. The maximum absolute atomic E-state index is 4.86. The maximum Gasteiger partial charge on any atom is 0.144 e. The first kappa shape index (κ1) is 16.6. The molecule has 2 N–H and O–H groups in total. The van der Waals surface area contributed by atoms with Crippen LogP contribution in [0, 0.1) is 0 Å². The molecule has 0 rings (SSSR count). The molecule has 0 aliphatic carbocycles. The van der Waals surface area contributed by atoms with E-state index >= 15 is 0 Å². The molecule has 0 aliphatic heterocycles. The lowest BCUT2D eigenvalue weighted by Crippen LogP contribution is -2.30. The topological polar surface area (TPSA) is 24.1 Å². The average Bonchev–Trinajstić information content (AvgIpc) is 2.11. The second-order valence-corrected chi connectivity index (χ2v) is 5.22. The monoisotopic (exact) mass is 292 g/mol. The number of nitrogens with one attached hydrogen (secondary N) is 2. The molecule has 13 heavy (non-hydrogen) atoms. The molecular formula is C5H12N2S6. The highest BCUT2D eigenvalue weighted by molar-refractivity contribution is 8.77. The summed E-state index contributed by atoms with van der Waals surface area (Å²) < 4.78 is 1.34. The van der Waals surface area contributed by atoms with Crippen LogP contribution in [0.1, 0.15) is 7.43 Å². The number of hydrogen-bond donors (Lipinski definition) is 4. The lowest BCUT2D eigenvalue weighted by Gasteiger charge is -2.06. The van der Waals surface area contributed by atoms with Gasteiger partial charge in [-0.1, -0.05) is 31.9 Å². The minimum absolute atomic E-state index is 0. The van der Waals surface area contributed by atoms with E-state index in [-0.39, 0.29) is 7.43 Å². The molecule has 0 radical (unpaired) electrons. The first-order chi connectivity index (χ1) is 5.70. The Bertz CT molecular complexity index is 143. The van der Waals surface area contributed by atoms with Crippen molar-refractivity contribution in [2.45, 2.75) is 7.43 Å². The highest BCUT2D eigenvalue weighted by Crippen LogP contribution is 2.06. The highest BCUT2D eigenvalue weighted by Gasteiger charge is 1.93. The van der Waals surface area contributed by atoms with Crippen LogP contribution in [0.15, 0.2) is 0 Å². The van der Waals surface area contributed by atoms with Crippen LogP contribution in [0.4, 0.5) is 0 Å². The molecule has 2 nitrogen and oxygen atoms in total. The molecule has 0 saturated carbocycles. The van der Waals surface area contributed by atoms with Gasteiger partial charge in [-0.15, -0.1) is 23.3 Å². The van der Waals surface area contributed by atoms with Crippen LogP contribution in [0.25, 0.3) is 0 Å². The summed E-state index contributed by atoms with van der Waals surface area (Å²) in [6.07, 6.45) is 0. The van der Waals surface area contributed by atoms with Crippen LogP contribution in [-0.2, 0) is 0 Å². The van der Waals surface area contributed by atoms with Gasteiger partial charge in [0.15, 0.2) is 0 Å². The van der Waals surface area contributed by atoms with Gasteiger partial charge in [0.05, 0.1) is 0 Å². The second kappa shape index (κ2) is 11.3. The molecule has 78 valence electrons. The first-order valence-electron chi connectivity index (χ1n) is 2.89. The number of rotatable bonds is 3. The SMILES string of the molecule is C.S=C(NCCNC(=S)SS)SS. The molecule has 0 heterocycles. The van der Waals surface area contributed by atoms with E-state index < -0.39 is 0 Å². The van der Waals surface area contributed by atoms with Crippen molar-refractivity contribution in [3.63, 3.8) is 0 Å². The van der Waals surface area contributed by atoms with E-state index in [4.69, 9.17) is 24.4 Å². The third kappa shape index (κ3) is 11.1. The summed E-state index contributed by atoms with van der Waals surface area (Å²) in [5, 5.41) is 5.95. The summed E-state index contributed by atoms with van der Waals surface area (Å²) in [5.41, 5.74) is 0. The van der Waals surface area contributed by atoms with Gasteiger partial charge >= 0.3 is 0 Å². The van der Waals surface area contributed by atoms with Gasteiger partial charge < -0.3 is 10.6 Å². The molecule has 0 aliphatic rings. The van der Waals surface area contributed by atoms with Gasteiger partial charge in [-0.3, -0.25) is 0 Å². The molecule has 8 heteroatoms. The van der Waals surface area contributed by atoms with Crippen LogP contribution in [0.5, 0.6) is 0 Å². The van der Waals surface area contributed by atoms with Crippen molar-refractivity contribution in [1.29, 1.82) is 0 Å². The number of hydrogen-bond acceptors (Lipinski definition) is 6. The van der Waals surface area contributed by atoms with Gasteiger partial charge in [0.1, 0.15) is 8.64 Å². The van der Waals surface area contributed by atoms with Gasteiger partial charge in [-0.25, -0.2) is 0 Å². The van der Waals surface area contributed by atoms with E-state index in [2.05, 4.69) is 34.0 Å². The molecule has 0 atom stereocenters. The second-order valence-electron chi connectivity index (χ2n) is 1.61. The van der Waals surface area contributed by atoms with E-state index in [0.29, 0.717) is 8.64 Å². The Morgan fingerprint density at radius 2 is 1.31 bits per heavy atom. The van der Waals surface area contributed by atoms with E-state index in [1.807, 2.05) is 0 Å². The van der Waals surface area contributed by atoms with Crippen molar-refractivity contribution in [3.8, 4) is 0 Å². The summed E-state index contributed by atoms with van der Waals surface area (Å²) in [4.78, 5) is 0. The fourth-order valence-corrected chi connectivity index (χ4v) is 1.32. The molecule has 0 amide bonds. The van der Waals surface area contributed by atoms with Crippen molar-refractivity contribution in [3.05, 3.63) is 0 Å². The van der Waals surface area contributed by atoms with Crippen LogP contribution < -0.4 is 10.6 Å². The smallest absolute Gasteiger partial charge is 0.144 e. The van der Waals surface area contributed by atoms with E-state index in [1.54, 1.807) is 0 Å². The molecule has 0 aromatic heterocycles. The first-order valence-corrected chi connectivity index (χ1v) is 7.44. The molecule has 0 spiro atoms. The summed E-state index contributed by atoms with van der Waals surface area (Å²) in [6.45, 7) is 1.47. The largest absolute Gasteiger partial charge is 0.369 e. The third-order valence-corrected chi connectivity index (χ3v) is 4.08. The van der Waals surface area contributed by atoms with Crippen LogP contribution >= 0.6 is 69.3 Å². The predicted molar refractivity (Wildman–Crippen MR) is 81.1 cm³/mol. The van der Waals surface area contributed by atoms with Crippen LogP contribution in [0.2, 0.25) is 0 Å². The van der Waals surface area contributed by atoms with Crippen molar-refractivity contribution >= 4 is 78.0 Å². The van der Waals surface area contributed by atoms with Gasteiger partial charge in [0, 0.05) is 13.1 Å². The Balaban J connectivity index is 0. The third-order valence-electron chi connectivity index (χ3n) is 0.829. The van der Waals surface area contributed by atoms with Crippen molar-refractivity contribution < 1.29 is 0 Å². The summed E-state index contributed by atoms with van der Waals surface area (Å²) >= 11 is 17.6. The molecule has 0 fully saturated rings. The van der Waals surface area contributed by atoms with Crippen LogP contribution in [-0.4, -0.2) is 21.7 Å². The standard InChI is InChI=1S/C4H8N2S6.CH4/c7-3(11-9)5-1-2-6-4(8)12-10;/h9-10H,1-2H2,(H,5,7)(H,6,8);1H4. The average molecular weight is 293 g/mol. The zero-order valence-corrected chi connectivity index (χ0v) is 11.0. The normalized spacial score (nSPS) is 8.46. The van der Waals surface area contributed by atoms with Gasteiger partial charge in [0.25, 0.3) is 0 Å². The molecular weight excluding hydrogens is 280 g/mol. The number of thiol groups is 2. The number of thiocarbonyl (C=S) groups is 2. The summed E-state index contributed by atoms with van der Waals surface area (Å²) in [7, 11) is 2.45. The molecule has 0 aromatic carbocycles. The Morgan fingerprint density at radius 1 is 1.00 bits per heavy atom.